The summed E-state index contributed by atoms with van der Waals surface area (Å²) in [7, 11) is 0. The first kappa shape index (κ1) is 16.5. The predicted molar refractivity (Wildman–Crippen MR) is 93.4 cm³/mol. The quantitative estimate of drug-likeness (QED) is 0.785. The summed E-state index contributed by atoms with van der Waals surface area (Å²) in [6.45, 7) is 3.77. The Kier molecular flexibility index (Phi) is 5.11. The lowest BCUT2D eigenvalue weighted by Crippen LogP contribution is -2.43. The predicted octanol–water partition coefficient (Wildman–Crippen LogP) is 3.88. The minimum absolute atomic E-state index is 0.291. The van der Waals surface area contributed by atoms with Gasteiger partial charge in [-0.25, -0.2) is 4.98 Å². The zero-order chi connectivity index (χ0) is 15.6. The van der Waals surface area contributed by atoms with Crippen molar-refractivity contribution in [3.8, 4) is 0 Å². The monoisotopic (exact) mass is 339 g/mol. The molecule has 0 spiro atoms. The Labute approximate surface area is 139 Å². The molecule has 0 bridgehead atoms. The summed E-state index contributed by atoms with van der Waals surface area (Å²) < 4.78 is 1.00. The van der Waals surface area contributed by atoms with Crippen LogP contribution in [0.25, 0.3) is 10.2 Å². The van der Waals surface area contributed by atoms with Crippen molar-refractivity contribution in [3.05, 3.63) is 29.3 Å². The molecule has 0 radical (unpaired) electrons. The number of hydrogen-bond acceptors (Lipinski definition) is 4. The number of aromatic nitrogens is 1. The first-order valence-corrected chi connectivity index (χ1v) is 8.50. The number of rotatable bonds is 6. The van der Waals surface area contributed by atoms with Gasteiger partial charge in [-0.2, -0.15) is 0 Å². The van der Waals surface area contributed by atoms with Crippen LogP contribution in [0.3, 0.4) is 0 Å². The van der Waals surface area contributed by atoms with Crippen LogP contribution >= 0.6 is 36.6 Å². The molecule has 0 fully saturated rings. The van der Waals surface area contributed by atoms with Gasteiger partial charge < -0.3 is 0 Å². The third-order valence-corrected chi connectivity index (χ3v) is 5.84. The minimum Gasteiger partial charge on any atom is -0.287 e. The van der Waals surface area contributed by atoms with Gasteiger partial charge in [0.05, 0.1) is 10.2 Å². The fourth-order valence-electron chi connectivity index (χ4n) is 2.74. The van der Waals surface area contributed by atoms with E-state index in [1.54, 1.807) is 0 Å². The molecule has 3 nitrogen and oxygen atoms in total. The largest absolute Gasteiger partial charge is 0.287 e. The molecule has 0 N–H and O–H groups in total. The summed E-state index contributed by atoms with van der Waals surface area (Å²) in [5.41, 5.74) is -0.160. The lowest BCUT2D eigenvalue weighted by molar-refractivity contribution is -0.125. The van der Waals surface area contributed by atoms with Crippen LogP contribution in [-0.4, -0.2) is 15.2 Å². The smallest absolute Gasteiger partial charge is 0.199 e. The van der Waals surface area contributed by atoms with Crippen molar-refractivity contribution in [2.75, 3.05) is 0 Å². The normalized spacial score (nSPS) is 15.6. The van der Waals surface area contributed by atoms with Gasteiger partial charge in [0.15, 0.2) is 10.2 Å². The average Bonchev–Trinajstić information content (AvgIpc) is 2.87. The number of fused-ring (bicyclic) bond motifs is 1. The molecule has 0 aliphatic carbocycles. The number of thiazole rings is 1. The lowest BCUT2D eigenvalue weighted by Gasteiger charge is -2.33. The summed E-state index contributed by atoms with van der Waals surface area (Å²) in [4.78, 5) is 28.8. The maximum atomic E-state index is 12.3. The number of carbonyl (C=O) groups excluding carboxylic acids is 2. The van der Waals surface area contributed by atoms with Crippen molar-refractivity contribution in [3.63, 3.8) is 0 Å². The van der Waals surface area contributed by atoms with Crippen LogP contribution in [0.2, 0.25) is 0 Å². The third-order valence-electron chi connectivity index (χ3n) is 3.92. The fraction of sp³-hybridized carbons (Fsp3) is 0.400. The molecule has 0 saturated heterocycles. The van der Waals surface area contributed by atoms with E-state index >= 15 is 0 Å². The highest BCUT2D eigenvalue weighted by Gasteiger charge is 2.48. The number of thiol groups is 2. The van der Waals surface area contributed by atoms with Crippen molar-refractivity contribution in [1.29, 1.82) is 0 Å². The van der Waals surface area contributed by atoms with Crippen LogP contribution < -0.4 is 0 Å². The van der Waals surface area contributed by atoms with E-state index in [1.165, 1.54) is 11.3 Å². The minimum atomic E-state index is -1.000. The molecule has 1 heterocycles. The Morgan fingerprint density at radius 2 is 1.95 bits per heavy atom. The van der Waals surface area contributed by atoms with E-state index in [2.05, 4.69) is 30.2 Å². The standard InChI is InChI=1S/C15H17NO2S3/c1-3-9(12(17)19)15(4-2,14(18)20)13-16-10-7-5-6-8-11(10)21-13/h5-9H,3-4H2,1-2H3,(H,17,19)(H,18,20). The van der Waals surface area contributed by atoms with Crippen LogP contribution in [0, 0.1) is 5.92 Å². The second-order valence-electron chi connectivity index (χ2n) is 4.92. The molecule has 1 aromatic carbocycles. The Bertz CT molecular complexity index is 649. The molecule has 0 aliphatic rings. The lowest BCUT2D eigenvalue weighted by atomic mass is 9.73. The molecule has 0 aliphatic heterocycles. The third kappa shape index (κ3) is 2.76. The highest BCUT2D eigenvalue weighted by Crippen LogP contribution is 2.43. The van der Waals surface area contributed by atoms with Crippen LogP contribution in [-0.2, 0) is 15.0 Å². The Morgan fingerprint density at radius 1 is 1.29 bits per heavy atom. The van der Waals surface area contributed by atoms with Crippen LogP contribution in [0.4, 0.5) is 0 Å². The Hall–Kier alpha value is -0.850. The highest BCUT2D eigenvalue weighted by molar-refractivity contribution is 7.97. The van der Waals surface area contributed by atoms with E-state index in [1.807, 2.05) is 38.1 Å². The zero-order valence-corrected chi connectivity index (χ0v) is 14.5. The molecule has 112 valence electrons. The van der Waals surface area contributed by atoms with Crippen molar-refractivity contribution >= 4 is 57.0 Å². The first-order valence-electron chi connectivity index (χ1n) is 6.79. The molecular weight excluding hydrogens is 322 g/mol. The Morgan fingerprint density at radius 3 is 2.43 bits per heavy atom. The van der Waals surface area contributed by atoms with Gasteiger partial charge in [0.25, 0.3) is 0 Å². The van der Waals surface area contributed by atoms with Crippen molar-refractivity contribution < 1.29 is 9.59 Å². The molecule has 2 aromatic rings. The van der Waals surface area contributed by atoms with Gasteiger partial charge in [-0.05, 0) is 25.0 Å². The number of para-hydroxylation sites is 1. The summed E-state index contributed by atoms with van der Waals surface area (Å²) in [5, 5.41) is 0.0414. The van der Waals surface area contributed by atoms with Gasteiger partial charge in [-0.3, -0.25) is 9.59 Å². The molecule has 6 heteroatoms. The molecule has 2 atom stereocenters. The van der Waals surface area contributed by atoms with Gasteiger partial charge in [-0.1, -0.05) is 26.0 Å². The van der Waals surface area contributed by atoms with Gasteiger partial charge in [0, 0.05) is 5.92 Å². The summed E-state index contributed by atoms with van der Waals surface area (Å²) in [5.74, 6) is -0.517. The molecule has 2 unspecified atom stereocenters. The number of carbonyl (C=O) groups is 2. The van der Waals surface area contributed by atoms with Crippen molar-refractivity contribution in [1.82, 2.24) is 4.98 Å². The second-order valence-corrected chi connectivity index (χ2v) is 6.79. The summed E-state index contributed by atoms with van der Waals surface area (Å²) in [6.07, 6.45) is 0.998. The van der Waals surface area contributed by atoms with Gasteiger partial charge >= 0.3 is 0 Å². The first-order chi connectivity index (χ1) is 9.97. The van der Waals surface area contributed by atoms with E-state index in [0.717, 1.165) is 10.2 Å². The molecule has 21 heavy (non-hydrogen) atoms. The zero-order valence-electron chi connectivity index (χ0n) is 11.9. The average molecular weight is 340 g/mol. The van der Waals surface area contributed by atoms with Crippen molar-refractivity contribution in [2.45, 2.75) is 32.1 Å². The van der Waals surface area contributed by atoms with Crippen LogP contribution in [0.15, 0.2) is 24.3 Å². The SMILES string of the molecule is CCC(C(=O)S)C(CC)(C(=O)S)c1nc2ccccc2s1. The van der Waals surface area contributed by atoms with E-state index in [0.29, 0.717) is 17.8 Å². The van der Waals surface area contributed by atoms with E-state index in [4.69, 9.17) is 0 Å². The van der Waals surface area contributed by atoms with Crippen LogP contribution in [0.1, 0.15) is 31.7 Å². The van der Waals surface area contributed by atoms with E-state index in [9.17, 15) is 9.59 Å². The summed E-state index contributed by atoms with van der Waals surface area (Å²) in [6, 6.07) is 7.70. The maximum absolute atomic E-state index is 12.3. The number of hydrogen-bond donors (Lipinski definition) is 2. The van der Waals surface area contributed by atoms with Gasteiger partial charge in [0.2, 0.25) is 0 Å². The highest BCUT2D eigenvalue weighted by atomic mass is 32.1. The molecule has 0 amide bonds. The van der Waals surface area contributed by atoms with Crippen LogP contribution in [0.5, 0.6) is 0 Å². The second kappa shape index (κ2) is 6.50. The maximum Gasteiger partial charge on any atom is 0.199 e. The van der Waals surface area contributed by atoms with Gasteiger partial charge in [-0.15, -0.1) is 36.6 Å². The molecule has 1 aromatic heterocycles. The Balaban J connectivity index is 2.69. The molecular formula is C15H17NO2S3. The fourth-order valence-corrected chi connectivity index (χ4v) is 4.91. The number of benzene rings is 1. The van der Waals surface area contributed by atoms with Gasteiger partial charge in [0.1, 0.15) is 10.4 Å². The molecule has 2 rings (SSSR count). The van der Waals surface area contributed by atoms with E-state index in [-0.39, 0.29) is 10.2 Å². The summed E-state index contributed by atoms with van der Waals surface area (Å²) >= 11 is 9.51. The van der Waals surface area contributed by atoms with Crippen molar-refractivity contribution in [2.24, 2.45) is 5.92 Å². The van der Waals surface area contributed by atoms with E-state index < -0.39 is 11.3 Å². The topological polar surface area (TPSA) is 47.0 Å². The molecule has 0 saturated carbocycles. The number of nitrogens with zero attached hydrogens (tertiary/aromatic N) is 1.